The SMILES string of the molecule is COC[C@H]1C[C@H]2C[C@@H](O)[C@H](N3CCC(N4CCCC4)CC3)[C@]2(O)CO1. The molecule has 0 spiro atoms. The Morgan fingerprint density at radius 1 is 1.08 bits per heavy atom. The molecule has 1 aliphatic carbocycles. The zero-order chi connectivity index (χ0) is 17.4. The van der Waals surface area contributed by atoms with Gasteiger partial charge in [-0.2, -0.15) is 0 Å². The van der Waals surface area contributed by atoms with Gasteiger partial charge >= 0.3 is 0 Å². The first-order valence-electron chi connectivity index (χ1n) is 10.1. The van der Waals surface area contributed by atoms with Gasteiger partial charge in [-0.15, -0.1) is 0 Å². The molecule has 3 saturated heterocycles. The summed E-state index contributed by atoms with van der Waals surface area (Å²) in [5, 5.41) is 22.1. The van der Waals surface area contributed by atoms with E-state index in [4.69, 9.17) is 9.47 Å². The van der Waals surface area contributed by atoms with Crippen LogP contribution in [0.4, 0.5) is 0 Å². The van der Waals surface area contributed by atoms with E-state index in [0.717, 1.165) is 32.4 Å². The molecule has 0 aromatic heterocycles. The van der Waals surface area contributed by atoms with E-state index in [0.29, 0.717) is 25.7 Å². The van der Waals surface area contributed by atoms with Crippen LogP contribution in [-0.4, -0.2) is 96.4 Å². The maximum absolute atomic E-state index is 11.4. The topological polar surface area (TPSA) is 65.4 Å². The maximum atomic E-state index is 11.4. The van der Waals surface area contributed by atoms with Gasteiger partial charge in [-0.3, -0.25) is 4.90 Å². The number of aliphatic hydroxyl groups excluding tert-OH is 1. The summed E-state index contributed by atoms with van der Waals surface area (Å²) in [7, 11) is 1.68. The molecule has 0 amide bonds. The lowest BCUT2D eigenvalue weighted by atomic mass is 9.81. The second kappa shape index (κ2) is 7.41. The highest BCUT2D eigenvalue weighted by Crippen LogP contribution is 2.45. The molecule has 6 nitrogen and oxygen atoms in total. The van der Waals surface area contributed by atoms with Gasteiger partial charge in [0.05, 0.1) is 31.5 Å². The minimum absolute atomic E-state index is 0.0436. The molecule has 5 atom stereocenters. The van der Waals surface area contributed by atoms with Crippen molar-refractivity contribution in [1.29, 1.82) is 0 Å². The molecule has 3 aliphatic heterocycles. The highest BCUT2D eigenvalue weighted by atomic mass is 16.5. The van der Waals surface area contributed by atoms with E-state index >= 15 is 0 Å². The van der Waals surface area contributed by atoms with E-state index in [1.807, 2.05) is 0 Å². The first-order chi connectivity index (χ1) is 12.1. The molecule has 25 heavy (non-hydrogen) atoms. The molecule has 2 N–H and O–H groups in total. The molecule has 3 heterocycles. The third-order valence-electron chi connectivity index (χ3n) is 7.11. The van der Waals surface area contributed by atoms with Crippen molar-refractivity contribution in [1.82, 2.24) is 9.80 Å². The predicted molar refractivity (Wildman–Crippen MR) is 94.5 cm³/mol. The highest BCUT2D eigenvalue weighted by Gasteiger charge is 2.58. The van der Waals surface area contributed by atoms with E-state index < -0.39 is 11.7 Å². The maximum Gasteiger partial charge on any atom is 0.109 e. The number of nitrogens with zero attached hydrogens (tertiary/aromatic N) is 2. The Labute approximate surface area is 151 Å². The molecule has 144 valence electrons. The molecule has 0 unspecified atom stereocenters. The normalized spacial score (nSPS) is 44.3. The second-order valence-corrected chi connectivity index (χ2v) is 8.57. The van der Waals surface area contributed by atoms with E-state index in [-0.39, 0.29) is 18.1 Å². The third-order valence-corrected chi connectivity index (χ3v) is 7.11. The van der Waals surface area contributed by atoms with Gasteiger partial charge in [0.25, 0.3) is 0 Å². The number of piperidine rings is 1. The van der Waals surface area contributed by atoms with Crippen LogP contribution in [0.3, 0.4) is 0 Å². The molecule has 4 aliphatic rings. The Kier molecular flexibility index (Phi) is 5.38. The number of hydrogen-bond acceptors (Lipinski definition) is 6. The third kappa shape index (κ3) is 3.37. The fourth-order valence-electron chi connectivity index (χ4n) is 5.84. The summed E-state index contributed by atoms with van der Waals surface area (Å²) in [5.74, 6) is 0.109. The number of aliphatic hydroxyl groups is 2. The number of methoxy groups -OCH3 is 1. The van der Waals surface area contributed by atoms with Crippen molar-refractivity contribution < 1.29 is 19.7 Å². The van der Waals surface area contributed by atoms with Crippen LogP contribution in [0.1, 0.15) is 38.5 Å². The van der Waals surface area contributed by atoms with Crippen molar-refractivity contribution >= 4 is 0 Å². The van der Waals surface area contributed by atoms with Crippen molar-refractivity contribution in [2.24, 2.45) is 5.92 Å². The fraction of sp³-hybridized carbons (Fsp3) is 1.00. The molecular weight excluding hydrogens is 320 g/mol. The van der Waals surface area contributed by atoms with Crippen LogP contribution in [0.15, 0.2) is 0 Å². The standard InChI is InChI=1S/C19H34N2O4/c1-24-12-16-10-14-11-17(22)18(19(14,23)13-25-16)21-8-4-15(5-9-21)20-6-2-3-7-20/h14-18,22-23H,2-13H2,1H3/t14-,16+,17+,18-,19-/m0/s1. The van der Waals surface area contributed by atoms with Gasteiger partial charge in [0, 0.05) is 26.2 Å². The highest BCUT2D eigenvalue weighted by molar-refractivity contribution is 5.11. The van der Waals surface area contributed by atoms with Gasteiger partial charge in [-0.1, -0.05) is 0 Å². The number of hydrogen-bond donors (Lipinski definition) is 2. The van der Waals surface area contributed by atoms with Crippen LogP contribution < -0.4 is 0 Å². The van der Waals surface area contributed by atoms with E-state index in [1.54, 1.807) is 7.11 Å². The van der Waals surface area contributed by atoms with Crippen molar-refractivity contribution in [3.63, 3.8) is 0 Å². The van der Waals surface area contributed by atoms with Gasteiger partial charge in [0.1, 0.15) is 5.60 Å². The van der Waals surface area contributed by atoms with Crippen LogP contribution in [0.25, 0.3) is 0 Å². The lowest BCUT2D eigenvalue weighted by Gasteiger charge is -2.47. The summed E-state index contributed by atoms with van der Waals surface area (Å²) in [6.45, 7) is 5.32. The Hall–Kier alpha value is -0.240. The smallest absolute Gasteiger partial charge is 0.109 e. The van der Waals surface area contributed by atoms with Gasteiger partial charge in [-0.05, 0) is 57.5 Å². The average Bonchev–Trinajstić information content (AvgIpc) is 3.21. The second-order valence-electron chi connectivity index (χ2n) is 8.57. The predicted octanol–water partition coefficient (Wildman–Crippen LogP) is 0.462. The van der Waals surface area contributed by atoms with Gasteiger partial charge < -0.3 is 24.6 Å². The number of rotatable bonds is 4. The van der Waals surface area contributed by atoms with Crippen molar-refractivity contribution in [3.05, 3.63) is 0 Å². The first-order valence-corrected chi connectivity index (χ1v) is 10.1. The Morgan fingerprint density at radius 3 is 2.48 bits per heavy atom. The summed E-state index contributed by atoms with van der Waals surface area (Å²) < 4.78 is 11.1. The van der Waals surface area contributed by atoms with Crippen molar-refractivity contribution in [3.8, 4) is 0 Å². The lowest BCUT2D eigenvalue weighted by Crippen LogP contribution is -2.62. The van der Waals surface area contributed by atoms with Crippen LogP contribution in [0.2, 0.25) is 0 Å². The van der Waals surface area contributed by atoms with Gasteiger partial charge in [0.15, 0.2) is 0 Å². The van der Waals surface area contributed by atoms with Crippen molar-refractivity contribution in [2.45, 2.75) is 68.4 Å². The number of ether oxygens (including phenoxy) is 2. The van der Waals surface area contributed by atoms with Crippen LogP contribution in [0, 0.1) is 5.92 Å². The van der Waals surface area contributed by atoms with Crippen molar-refractivity contribution in [2.75, 3.05) is 46.5 Å². The number of likely N-dealkylation sites (tertiary alicyclic amines) is 2. The molecular formula is C19H34N2O4. The molecule has 0 radical (unpaired) electrons. The molecule has 0 aromatic rings. The summed E-state index contributed by atoms with van der Waals surface area (Å²) in [6.07, 6.45) is 6.02. The van der Waals surface area contributed by atoms with Crippen LogP contribution >= 0.6 is 0 Å². The Balaban J connectivity index is 1.39. The number of fused-ring (bicyclic) bond motifs is 1. The summed E-state index contributed by atoms with van der Waals surface area (Å²) in [4.78, 5) is 4.98. The van der Waals surface area contributed by atoms with E-state index in [2.05, 4.69) is 9.80 Å². The quantitative estimate of drug-likeness (QED) is 0.765. The Morgan fingerprint density at radius 2 is 1.80 bits per heavy atom. The lowest BCUT2D eigenvalue weighted by molar-refractivity contribution is -0.181. The molecule has 1 saturated carbocycles. The van der Waals surface area contributed by atoms with Crippen LogP contribution in [-0.2, 0) is 9.47 Å². The molecule has 0 bridgehead atoms. The zero-order valence-corrected chi connectivity index (χ0v) is 15.5. The molecule has 0 aromatic carbocycles. The molecule has 4 rings (SSSR count). The molecule has 6 heteroatoms. The fourth-order valence-corrected chi connectivity index (χ4v) is 5.84. The van der Waals surface area contributed by atoms with Gasteiger partial charge in [-0.25, -0.2) is 0 Å². The molecule has 4 fully saturated rings. The minimum Gasteiger partial charge on any atom is -0.391 e. The summed E-state index contributed by atoms with van der Waals surface area (Å²) >= 11 is 0. The van der Waals surface area contributed by atoms with Gasteiger partial charge in [0.2, 0.25) is 0 Å². The zero-order valence-electron chi connectivity index (χ0n) is 15.5. The first kappa shape index (κ1) is 18.1. The minimum atomic E-state index is -0.913. The van der Waals surface area contributed by atoms with Crippen LogP contribution in [0.5, 0.6) is 0 Å². The Bertz CT molecular complexity index is 451. The van der Waals surface area contributed by atoms with E-state index in [1.165, 1.54) is 25.9 Å². The average molecular weight is 354 g/mol. The summed E-state index contributed by atoms with van der Waals surface area (Å²) in [6, 6.07) is 0.511. The largest absolute Gasteiger partial charge is 0.391 e. The summed E-state index contributed by atoms with van der Waals surface area (Å²) in [5.41, 5.74) is -0.913. The monoisotopic (exact) mass is 354 g/mol. The van der Waals surface area contributed by atoms with E-state index in [9.17, 15) is 10.2 Å².